The largest absolute Gasteiger partial charge is 0.462 e. The van der Waals surface area contributed by atoms with E-state index in [2.05, 4.69) is 69.4 Å². The second kappa shape index (κ2) is 67.9. The molecule has 0 aliphatic carbocycles. The second-order valence-electron chi connectivity index (χ2n) is 23.8. The third-order valence-electron chi connectivity index (χ3n) is 15.8. The number of ether oxygens (including phenoxy) is 3. The van der Waals surface area contributed by atoms with Gasteiger partial charge in [0, 0.05) is 19.3 Å². The standard InChI is InChI=1S/C73H134O6/c1-4-7-10-13-16-19-22-24-26-28-30-31-32-33-34-35-36-37-38-39-40-41-42-43-44-46-47-49-51-54-57-60-63-66-72(75)78-69-70(68-77-71(74)65-62-59-56-53-21-18-15-12-9-6-3)79-73(76)67-64-61-58-55-52-50-48-45-29-27-25-23-20-17-14-11-8-5-2/h12,15,20,23,27-30,70H,4-11,13-14,16-19,21-22,24-26,31-69H2,1-3H3/b15-12-,23-20-,29-27-,30-28-. The predicted octanol–water partition coefficient (Wildman–Crippen LogP) is 24.1. The van der Waals surface area contributed by atoms with Crippen molar-refractivity contribution in [2.45, 2.75) is 386 Å². The highest BCUT2D eigenvalue weighted by Crippen LogP contribution is 2.18. The van der Waals surface area contributed by atoms with Gasteiger partial charge in [0.15, 0.2) is 6.10 Å². The molecule has 0 aromatic heterocycles. The van der Waals surface area contributed by atoms with Gasteiger partial charge in [-0.2, -0.15) is 0 Å². The maximum absolute atomic E-state index is 12.9. The molecule has 462 valence electrons. The third-order valence-corrected chi connectivity index (χ3v) is 15.8. The minimum Gasteiger partial charge on any atom is -0.462 e. The summed E-state index contributed by atoms with van der Waals surface area (Å²) in [6.07, 6.45) is 85.9. The summed E-state index contributed by atoms with van der Waals surface area (Å²) in [4.78, 5) is 38.3. The lowest BCUT2D eigenvalue weighted by Gasteiger charge is -2.18. The Kier molecular flexibility index (Phi) is 65.6. The average molecular weight is 1110 g/mol. The van der Waals surface area contributed by atoms with E-state index in [1.807, 2.05) is 0 Å². The Hall–Kier alpha value is -2.63. The summed E-state index contributed by atoms with van der Waals surface area (Å²) < 4.78 is 16.9. The predicted molar refractivity (Wildman–Crippen MR) is 344 cm³/mol. The van der Waals surface area contributed by atoms with Crippen LogP contribution in [0.15, 0.2) is 48.6 Å². The van der Waals surface area contributed by atoms with Crippen LogP contribution in [0.25, 0.3) is 0 Å². The number of allylic oxidation sites excluding steroid dienone is 8. The highest BCUT2D eigenvalue weighted by Gasteiger charge is 2.19. The zero-order valence-corrected chi connectivity index (χ0v) is 53.2. The lowest BCUT2D eigenvalue weighted by atomic mass is 10.0. The SMILES string of the molecule is CCC/C=C\CCCCCCCC(=O)OCC(COC(=O)CCCCCCCCCCCCCCCCCCCCCCC/C=C\CCCCCCCCCC)OC(=O)CCCCCCCCC/C=C\C/C=C\CCCCCC. The molecule has 0 rings (SSSR count). The van der Waals surface area contributed by atoms with Crippen LogP contribution < -0.4 is 0 Å². The molecule has 79 heavy (non-hydrogen) atoms. The van der Waals surface area contributed by atoms with E-state index in [4.69, 9.17) is 14.2 Å². The summed E-state index contributed by atoms with van der Waals surface area (Å²) in [6, 6.07) is 0. The molecule has 0 aliphatic heterocycles. The van der Waals surface area contributed by atoms with E-state index in [9.17, 15) is 14.4 Å². The summed E-state index contributed by atoms with van der Waals surface area (Å²) >= 11 is 0. The quantitative estimate of drug-likeness (QED) is 0.0261. The molecular formula is C73H134O6. The van der Waals surface area contributed by atoms with Gasteiger partial charge in [0.1, 0.15) is 13.2 Å². The van der Waals surface area contributed by atoms with Crippen LogP contribution in [0.1, 0.15) is 380 Å². The Labute approximate surface area is 492 Å². The fraction of sp³-hybridized carbons (Fsp3) is 0.849. The van der Waals surface area contributed by atoms with Crippen molar-refractivity contribution in [2.75, 3.05) is 13.2 Å². The molecule has 0 aromatic carbocycles. The molecule has 0 aliphatic rings. The lowest BCUT2D eigenvalue weighted by molar-refractivity contribution is -0.167. The van der Waals surface area contributed by atoms with E-state index in [0.717, 1.165) is 83.5 Å². The summed E-state index contributed by atoms with van der Waals surface area (Å²) in [5, 5.41) is 0. The molecule has 0 saturated heterocycles. The molecule has 0 fully saturated rings. The maximum Gasteiger partial charge on any atom is 0.306 e. The first-order valence-corrected chi connectivity index (χ1v) is 35.1. The number of esters is 3. The topological polar surface area (TPSA) is 78.9 Å². The Morgan fingerprint density at radius 3 is 0.772 bits per heavy atom. The van der Waals surface area contributed by atoms with Gasteiger partial charge in [-0.1, -0.05) is 313 Å². The number of unbranched alkanes of at least 4 members (excludes halogenated alkanes) is 46. The minimum atomic E-state index is -0.779. The van der Waals surface area contributed by atoms with Crippen LogP contribution in [0.2, 0.25) is 0 Å². The Balaban J connectivity index is 4.06. The number of hydrogen-bond acceptors (Lipinski definition) is 6. The van der Waals surface area contributed by atoms with Crippen molar-refractivity contribution >= 4 is 17.9 Å². The molecule has 1 atom stereocenters. The molecule has 1 unspecified atom stereocenters. The maximum atomic E-state index is 12.9. The molecular weight excluding hydrogens is 973 g/mol. The smallest absolute Gasteiger partial charge is 0.306 e. The minimum absolute atomic E-state index is 0.0755. The van der Waals surface area contributed by atoms with Crippen LogP contribution in [-0.2, 0) is 28.6 Å². The van der Waals surface area contributed by atoms with Gasteiger partial charge in [0.25, 0.3) is 0 Å². The molecule has 6 nitrogen and oxygen atoms in total. The molecule has 0 N–H and O–H groups in total. The zero-order valence-electron chi connectivity index (χ0n) is 53.2. The van der Waals surface area contributed by atoms with Crippen molar-refractivity contribution in [2.24, 2.45) is 0 Å². The molecule has 0 amide bonds. The number of hydrogen-bond donors (Lipinski definition) is 0. The summed E-state index contributed by atoms with van der Waals surface area (Å²) in [5.41, 5.74) is 0. The van der Waals surface area contributed by atoms with Crippen molar-refractivity contribution in [1.82, 2.24) is 0 Å². The Bertz CT molecular complexity index is 1360. The third kappa shape index (κ3) is 66.1. The van der Waals surface area contributed by atoms with Crippen molar-refractivity contribution in [3.8, 4) is 0 Å². The number of rotatable bonds is 65. The monoisotopic (exact) mass is 1110 g/mol. The van der Waals surface area contributed by atoms with Gasteiger partial charge in [-0.05, 0) is 96.3 Å². The fourth-order valence-corrected chi connectivity index (χ4v) is 10.5. The normalized spacial score (nSPS) is 12.3. The zero-order chi connectivity index (χ0) is 57.1. The van der Waals surface area contributed by atoms with Crippen molar-refractivity contribution in [3.05, 3.63) is 48.6 Å². The summed E-state index contributed by atoms with van der Waals surface area (Å²) in [7, 11) is 0. The molecule has 0 saturated carbocycles. The van der Waals surface area contributed by atoms with Gasteiger partial charge in [0.05, 0.1) is 0 Å². The van der Waals surface area contributed by atoms with Gasteiger partial charge >= 0.3 is 17.9 Å². The first-order valence-electron chi connectivity index (χ1n) is 35.1. The van der Waals surface area contributed by atoms with E-state index in [-0.39, 0.29) is 31.1 Å². The number of carbonyl (C=O) groups excluding carboxylic acids is 3. The van der Waals surface area contributed by atoms with Crippen molar-refractivity contribution < 1.29 is 28.6 Å². The van der Waals surface area contributed by atoms with Gasteiger partial charge < -0.3 is 14.2 Å². The van der Waals surface area contributed by atoms with E-state index in [0.29, 0.717) is 19.3 Å². The van der Waals surface area contributed by atoms with Crippen LogP contribution in [-0.4, -0.2) is 37.2 Å². The van der Waals surface area contributed by atoms with E-state index in [1.54, 1.807) is 0 Å². The van der Waals surface area contributed by atoms with Gasteiger partial charge in [-0.25, -0.2) is 0 Å². The average Bonchev–Trinajstić information content (AvgIpc) is 3.45. The summed E-state index contributed by atoms with van der Waals surface area (Å²) in [5.74, 6) is -0.874. The van der Waals surface area contributed by atoms with Crippen molar-refractivity contribution in [3.63, 3.8) is 0 Å². The molecule has 0 radical (unpaired) electrons. The lowest BCUT2D eigenvalue weighted by Crippen LogP contribution is -2.30. The van der Waals surface area contributed by atoms with Crippen LogP contribution in [0.5, 0.6) is 0 Å². The van der Waals surface area contributed by atoms with Gasteiger partial charge in [0.2, 0.25) is 0 Å². The highest BCUT2D eigenvalue weighted by atomic mass is 16.6. The van der Waals surface area contributed by atoms with Crippen LogP contribution in [0.3, 0.4) is 0 Å². The molecule has 0 spiro atoms. The van der Waals surface area contributed by atoms with Crippen LogP contribution in [0, 0.1) is 0 Å². The van der Waals surface area contributed by atoms with E-state index >= 15 is 0 Å². The molecule has 0 aromatic rings. The Morgan fingerprint density at radius 2 is 0.481 bits per heavy atom. The number of carbonyl (C=O) groups is 3. The van der Waals surface area contributed by atoms with E-state index < -0.39 is 6.10 Å². The molecule has 0 heterocycles. The second-order valence-corrected chi connectivity index (χ2v) is 23.8. The molecule has 0 bridgehead atoms. The van der Waals surface area contributed by atoms with E-state index in [1.165, 1.54) is 257 Å². The first kappa shape index (κ1) is 76.4. The Morgan fingerprint density at radius 1 is 0.253 bits per heavy atom. The molecule has 6 heteroatoms. The van der Waals surface area contributed by atoms with Crippen LogP contribution >= 0.6 is 0 Å². The van der Waals surface area contributed by atoms with Gasteiger partial charge in [-0.15, -0.1) is 0 Å². The highest BCUT2D eigenvalue weighted by molar-refractivity contribution is 5.71. The first-order chi connectivity index (χ1) is 39.0. The van der Waals surface area contributed by atoms with Crippen LogP contribution in [0.4, 0.5) is 0 Å². The van der Waals surface area contributed by atoms with Crippen molar-refractivity contribution in [1.29, 1.82) is 0 Å². The van der Waals surface area contributed by atoms with Gasteiger partial charge in [-0.3, -0.25) is 14.4 Å². The summed E-state index contributed by atoms with van der Waals surface area (Å²) in [6.45, 7) is 6.60. The fourth-order valence-electron chi connectivity index (χ4n) is 10.5.